The molecule has 14 aliphatic carbocycles. The summed E-state index contributed by atoms with van der Waals surface area (Å²) in [6.07, 6.45) is 26.3. The van der Waals surface area contributed by atoms with Gasteiger partial charge in [-0.1, -0.05) is 89.5 Å². The Morgan fingerprint density at radius 3 is 1.21 bits per heavy atom. The van der Waals surface area contributed by atoms with Crippen LogP contribution in [0, 0.1) is 102 Å². The van der Waals surface area contributed by atoms with Crippen LogP contribution in [0.5, 0.6) is 0 Å². The van der Waals surface area contributed by atoms with Gasteiger partial charge >= 0.3 is 59.7 Å². The van der Waals surface area contributed by atoms with Crippen molar-refractivity contribution < 1.29 is 116 Å². The second-order valence-electron chi connectivity index (χ2n) is 46.2. The Bertz CT molecular complexity index is 3780. The zero-order chi connectivity index (χ0) is 94.8. The molecular formula is C101H165NO24. The number of hydrogen-bond acceptors (Lipinski definition) is 25. The molecule has 126 heavy (non-hydrogen) atoms. The SMILES string of the molecule is CCC(C)(C)C(=O)OC(C)(C)C(C)C.CCC(C)(C)C(=O)OC12CC3CC(O)(CC(O)(C3)C1)C2.CCC(C)(C)C(=O)OC12CC3CC(O)(CC(O)(C3)C1)C2.CCC(C)(C)C(=O)OCC(=O)OC1C2CC3C1OC(=O)C3(C#N)C2.CCC(C)C(=O)OC1C2CC3C(=O)OC1C3C2.CCC1(OC(=O)C(C)(C)CC)CCCC1.CCC1(OC(=O)C(C)(C)CC)CCCCC1. The van der Waals surface area contributed by atoms with Crippen molar-refractivity contribution in [2.24, 2.45) is 91.2 Å². The van der Waals surface area contributed by atoms with Gasteiger partial charge in [-0.3, -0.25) is 43.2 Å². The summed E-state index contributed by atoms with van der Waals surface area (Å²) < 4.78 is 55.5. The molecule has 2 heterocycles. The maximum Gasteiger partial charge on any atom is 0.344 e. The van der Waals surface area contributed by atoms with E-state index in [0.717, 1.165) is 128 Å². The summed E-state index contributed by atoms with van der Waals surface area (Å²) in [5.74, 6) is -1.08. The van der Waals surface area contributed by atoms with Crippen molar-refractivity contribution in [2.45, 2.75) is 473 Å². The standard InChI is InChI=1S/C17H21NO6.2C16H26O4.C14H26O2.C13H18O4.C13H24O2.C12H24O2/c1-4-16(2,3)14(20)22-7-11(19)23-12-9-5-10-13(12)24-15(21)17(10,6-9)8-18;2*1-4-13(2,3)12(17)20-16-7-11-5-14(18,9-16)8-15(19,6-11)10-16;1-5-13(3,4)12(15)16-14(6-2)10-8-7-9-11-14;1-3-6(2)12(14)16-10-7-4-8-9(5-7)13(15)17-11(8)10;1-5-12(3,4)11(14)15-13(6-2)9-7-8-10-13;1-8-11(4,5)10(13)14-12(6,7)9(2)3/h9-10,12-13H,4-7H2,1-3H3;2*11,18-19H,4-10H2,1-3H3;5-11H2,1-4H3;6-11H,3-5H2,1-2H3;5-10H2,1-4H3;9H,8H2,1-7H3. The smallest absolute Gasteiger partial charge is 0.344 e. The molecule has 4 N–H and O–H groups in total. The van der Waals surface area contributed by atoms with Crippen LogP contribution in [-0.2, 0) is 95.3 Å². The lowest BCUT2D eigenvalue weighted by Crippen LogP contribution is -2.67. The summed E-state index contributed by atoms with van der Waals surface area (Å²) in [5, 5.41) is 52.0. The normalized spacial score (nSPS) is 34.0. The molecule has 15 atom stereocenters. The van der Waals surface area contributed by atoms with E-state index in [1.165, 1.54) is 32.1 Å². The lowest BCUT2D eigenvalue weighted by atomic mass is 9.50. The average molecular weight is 1780 g/mol. The number of nitrogens with zero attached hydrogens (tertiary/aromatic N) is 1. The highest BCUT2D eigenvalue weighted by molar-refractivity contribution is 5.85. The minimum atomic E-state index is -1.06. The minimum Gasteiger partial charge on any atom is -0.459 e. The number of ether oxygens (including phenoxy) is 10. The van der Waals surface area contributed by atoms with Crippen molar-refractivity contribution >= 4 is 59.7 Å². The first-order valence-electron chi connectivity index (χ1n) is 48.6. The Morgan fingerprint density at radius 2 is 0.833 bits per heavy atom. The highest BCUT2D eigenvalue weighted by Gasteiger charge is 2.73. The number of nitriles is 1. The van der Waals surface area contributed by atoms with Gasteiger partial charge < -0.3 is 67.8 Å². The minimum absolute atomic E-state index is 0.0150. The van der Waals surface area contributed by atoms with Crippen LogP contribution >= 0.6 is 0 Å². The van der Waals surface area contributed by atoms with Crippen LogP contribution in [0.4, 0.5) is 0 Å². The Hall–Kier alpha value is -5.97. The summed E-state index contributed by atoms with van der Waals surface area (Å²) in [4.78, 5) is 120. The third kappa shape index (κ3) is 23.7. The number of hydrogen-bond donors (Lipinski definition) is 4. The first kappa shape index (κ1) is 105. The van der Waals surface area contributed by atoms with Crippen molar-refractivity contribution in [2.75, 3.05) is 6.61 Å². The van der Waals surface area contributed by atoms with Crippen LogP contribution in [-0.4, -0.2) is 162 Å². The lowest BCUT2D eigenvalue weighted by Gasteiger charge is -2.62. The largest absolute Gasteiger partial charge is 0.459 e. The zero-order valence-corrected chi connectivity index (χ0v) is 82.2. The summed E-state index contributed by atoms with van der Waals surface area (Å²) in [6.45, 7) is 50.4. The predicted octanol–water partition coefficient (Wildman–Crippen LogP) is 18.4. The Labute approximate surface area is 754 Å². The molecule has 0 aromatic carbocycles. The van der Waals surface area contributed by atoms with Crippen LogP contribution in [0.1, 0.15) is 398 Å². The Balaban J connectivity index is 0.000000183. The van der Waals surface area contributed by atoms with Crippen molar-refractivity contribution in [1.82, 2.24) is 0 Å². The van der Waals surface area contributed by atoms with E-state index in [2.05, 4.69) is 33.8 Å². The van der Waals surface area contributed by atoms with Crippen LogP contribution < -0.4 is 0 Å². The van der Waals surface area contributed by atoms with E-state index in [1.54, 1.807) is 13.8 Å². The molecule has 2 aliphatic heterocycles. The van der Waals surface area contributed by atoms with Gasteiger partial charge in [-0.25, -0.2) is 4.79 Å². The number of esters is 10. The molecule has 15 unspecified atom stereocenters. The van der Waals surface area contributed by atoms with Crippen LogP contribution in [0.25, 0.3) is 0 Å². The first-order chi connectivity index (χ1) is 58.1. The van der Waals surface area contributed by atoms with Gasteiger partial charge in [0.15, 0.2) is 12.0 Å². The summed E-state index contributed by atoms with van der Waals surface area (Å²) in [7, 11) is 0. The van der Waals surface area contributed by atoms with Gasteiger partial charge in [-0.2, -0.15) is 5.26 Å². The topological polar surface area (TPSA) is 368 Å². The molecule has 16 aliphatic rings. The van der Waals surface area contributed by atoms with Crippen molar-refractivity contribution in [1.29, 1.82) is 5.26 Å². The third-order valence-electron chi connectivity index (χ3n) is 33.1. The maximum atomic E-state index is 12.4. The summed E-state index contributed by atoms with van der Waals surface area (Å²) in [6, 6.07) is 2.10. The highest BCUT2D eigenvalue weighted by atomic mass is 16.6. The molecule has 16 fully saturated rings. The molecule has 0 amide bonds. The fraction of sp³-hybridized carbons (Fsp3) is 0.891. The van der Waals surface area contributed by atoms with Crippen molar-refractivity contribution in [3.8, 4) is 6.07 Å². The van der Waals surface area contributed by atoms with E-state index in [1.807, 2.05) is 138 Å². The van der Waals surface area contributed by atoms with E-state index in [4.69, 9.17) is 47.4 Å². The average Bonchev–Trinajstić information content (AvgIpc) is 0.788. The fourth-order valence-electron chi connectivity index (χ4n) is 22.0. The highest BCUT2D eigenvalue weighted by Crippen LogP contribution is 2.65. The van der Waals surface area contributed by atoms with Gasteiger partial charge in [0.05, 0.1) is 72.8 Å². The van der Waals surface area contributed by atoms with Gasteiger partial charge in [0, 0.05) is 62.2 Å². The molecule has 25 nitrogen and oxygen atoms in total. The lowest BCUT2D eigenvalue weighted by molar-refractivity contribution is -0.265. The second kappa shape index (κ2) is 39.4. The summed E-state index contributed by atoms with van der Waals surface area (Å²) >= 11 is 0. The van der Waals surface area contributed by atoms with Crippen LogP contribution in [0.2, 0.25) is 0 Å². The van der Waals surface area contributed by atoms with Gasteiger partial charge in [0.25, 0.3) is 0 Å². The predicted molar refractivity (Wildman–Crippen MR) is 473 cm³/mol. The maximum absolute atomic E-state index is 12.4. The fourth-order valence-corrected chi connectivity index (χ4v) is 22.0. The molecule has 16 rings (SSSR count). The van der Waals surface area contributed by atoms with Crippen LogP contribution in [0.3, 0.4) is 0 Å². The van der Waals surface area contributed by atoms with Crippen LogP contribution in [0.15, 0.2) is 0 Å². The molecular weight excluding hydrogens is 1610 g/mol. The van der Waals surface area contributed by atoms with Gasteiger partial charge in [0.2, 0.25) is 0 Å². The Morgan fingerprint density at radius 1 is 0.452 bits per heavy atom. The molecule has 12 bridgehead atoms. The van der Waals surface area contributed by atoms with Crippen molar-refractivity contribution in [3.63, 3.8) is 0 Å². The van der Waals surface area contributed by atoms with Crippen molar-refractivity contribution in [3.05, 3.63) is 0 Å². The first-order valence-corrected chi connectivity index (χ1v) is 48.6. The molecule has 718 valence electrons. The van der Waals surface area contributed by atoms with E-state index >= 15 is 0 Å². The van der Waals surface area contributed by atoms with Gasteiger partial charge in [0.1, 0.15) is 52.4 Å². The number of carbonyl (C=O) groups excluding carboxylic acids is 10. The quantitative estimate of drug-likeness (QED) is 0.0461. The molecule has 14 saturated carbocycles. The number of aliphatic hydroxyl groups is 4. The van der Waals surface area contributed by atoms with Gasteiger partial charge in [-0.05, 0) is 288 Å². The molecule has 25 heteroatoms. The number of rotatable bonds is 26. The van der Waals surface area contributed by atoms with E-state index in [0.29, 0.717) is 75.5 Å². The zero-order valence-electron chi connectivity index (χ0n) is 82.2. The molecule has 0 aromatic rings. The monoisotopic (exact) mass is 1780 g/mol. The van der Waals surface area contributed by atoms with Gasteiger partial charge in [-0.15, -0.1) is 0 Å². The molecule has 0 radical (unpaired) electrons. The number of fused-ring (bicyclic) bond motifs is 2. The van der Waals surface area contributed by atoms with E-state index < -0.39 is 92.0 Å². The second-order valence-corrected chi connectivity index (χ2v) is 46.2. The third-order valence-corrected chi connectivity index (χ3v) is 33.1. The number of carbonyl (C=O) groups is 10. The molecule has 2 saturated heterocycles. The molecule has 0 spiro atoms. The Kier molecular flexibility index (Phi) is 33.0. The summed E-state index contributed by atoms with van der Waals surface area (Å²) in [5.41, 5.74) is -9.07. The molecule has 0 aromatic heterocycles. The van der Waals surface area contributed by atoms with E-state index in [-0.39, 0.29) is 123 Å². The van der Waals surface area contributed by atoms with E-state index in [9.17, 15) is 73.6 Å².